The number of aryl methyl sites for hydroxylation is 2. The molecule has 0 aliphatic carbocycles. The van der Waals surface area contributed by atoms with Gasteiger partial charge in [-0.25, -0.2) is 0 Å². The Balaban J connectivity index is 2.46. The lowest BCUT2D eigenvalue weighted by Gasteiger charge is -2.06. The van der Waals surface area contributed by atoms with Gasteiger partial charge < -0.3 is 0 Å². The maximum Gasteiger partial charge on any atom is -0.0239 e. The molecule has 76 valence electrons. The van der Waals surface area contributed by atoms with Gasteiger partial charge >= 0.3 is 0 Å². The van der Waals surface area contributed by atoms with Crippen LogP contribution in [0.25, 0.3) is 0 Å². The molecule has 0 atom stereocenters. The molecule has 1 aromatic rings. The van der Waals surface area contributed by atoms with E-state index in [1.807, 2.05) is 0 Å². The average molecular weight is 188 g/mol. The standard InChI is InChI=1S/C14H20/c1-4-7-12(2)10-11-14-9-6-5-8-13(14)3/h5-6,8-9H,2,4,7,10-11H2,1,3H3. The molecule has 14 heavy (non-hydrogen) atoms. The third-order valence-corrected chi connectivity index (χ3v) is 2.61. The van der Waals surface area contributed by atoms with Crippen molar-refractivity contribution < 1.29 is 0 Å². The predicted octanol–water partition coefficient (Wildman–Crippen LogP) is 4.28. The van der Waals surface area contributed by atoms with Crippen LogP contribution < -0.4 is 0 Å². The summed E-state index contributed by atoms with van der Waals surface area (Å²) in [6.45, 7) is 8.47. The van der Waals surface area contributed by atoms with Gasteiger partial charge in [-0.3, -0.25) is 0 Å². The summed E-state index contributed by atoms with van der Waals surface area (Å²) in [7, 11) is 0. The van der Waals surface area contributed by atoms with Crippen molar-refractivity contribution in [1.29, 1.82) is 0 Å². The molecule has 0 unspecified atom stereocenters. The van der Waals surface area contributed by atoms with Crippen LogP contribution in [0.4, 0.5) is 0 Å². The minimum Gasteiger partial charge on any atom is -0.0999 e. The van der Waals surface area contributed by atoms with E-state index in [0.717, 1.165) is 12.8 Å². The van der Waals surface area contributed by atoms with Gasteiger partial charge in [0, 0.05) is 0 Å². The van der Waals surface area contributed by atoms with Crippen LogP contribution in [-0.4, -0.2) is 0 Å². The topological polar surface area (TPSA) is 0 Å². The Kier molecular flexibility index (Phi) is 4.45. The Morgan fingerprint density at radius 3 is 2.57 bits per heavy atom. The number of benzene rings is 1. The van der Waals surface area contributed by atoms with E-state index >= 15 is 0 Å². The molecule has 0 saturated heterocycles. The molecule has 0 heteroatoms. The van der Waals surface area contributed by atoms with E-state index in [1.165, 1.54) is 29.5 Å². The fraction of sp³-hybridized carbons (Fsp3) is 0.429. The molecular formula is C14H20. The molecule has 0 saturated carbocycles. The van der Waals surface area contributed by atoms with E-state index in [-0.39, 0.29) is 0 Å². The molecule has 1 rings (SSSR count). The highest BCUT2D eigenvalue weighted by Crippen LogP contribution is 2.14. The molecule has 1 aromatic carbocycles. The molecule has 0 N–H and O–H groups in total. The highest BCUT2D eigenvalue weighted by Gasteiger charge is 1.98. The number of hydrogen-bond acceptors (Lipinski definition) is 0. The van der Waals surface area contributed by atoms with Crippen LogP contribution in [0.5, 0.6) is 0 Å². The van der Waals surface area contributed by atoms with Gasteiger partial charge in [0.25, 0.3) is 0 Å². The summed E-state index contributed by atoms with van der Waals surface area (Å²) in [5.74, 6) is 0. The van der Waals surface area contributed by atoms with Crippen molar-refractivity contribution in [2.75, 3.05) is 0 Å². The lowest BCUT2D eigenvalue weighted by Crippen LogP contribution is -1.91. The van der Waals surface area contributed by atoms with Crippen LogP contribution in [0.1, 0.15) is 37.3 Å². The Labute approximate surface area is 87.7 Å². The predicted molar refractivity (Wildman–Crippen MR) is 63.5 cm³/mol. The molecule has 0 aromatic heterocycles. The average Bonchev–Trinajstić information content (AvgIpc) is 2.17. The minimum absolute atomic E-state index is 1.14. The summed E-state index contributed by atoms with van der Waals surface area (Å²) in [6.07, 6.45) is 4.67. The zero-order valence-electron chi connectivity index (χ0n) is 9.34. The van der Waals surface area contributed by atoms with Crippen molar-refractivity contribution >= 4 is 0 Å². The van der Waals surface area contributed by atoms with Crippen LogP contribution in [-0.2, 0) is 6.42 Å². The van der Waals surface area contributed by atoms with Gasteiger partial charge in [0.1, 0.15) is 0 Å². The van der Waals surface area contributed by atoms with Gasteiger partial charge in [0.05, 0.1) is 0 Å². The molecule has 0 radical (unpaired) electrons. The van der Waals surface area contributed by atoms with Crippen LogP contribution in [0, 0.1) is 6.92 Å². The van der Waals surface area contributed by atoms with E-state index in [4.69, 9.17) is 0 Å². The maximum absolute atomic E-state index is 4.09. The second-order valence-corrected chi connectivity index (χ2v) is 3.93. The van der Waals surface area contributed by atoms with Gasteiger partial charge in [0.15, 0.2) is 0 Å². The molecule has 0 aliphatic heterocycles. The third-order valence-electron chi connectivity index (χ3n) is 2.61. The largest absolute Gasteiger partial charge is 0.0999 e. The molecule has 0 aliphatic rings. The van der Waals surface area contributed by atoms with Crippen LogP contribution >= 0.6 is 0 Å². The summed E-state index contributed by atoms with van der Waals surface area (Å²) in [5, 5.41) is 0. The van der Waals surface area contributed by atoms with Crippen molar-refractivity contribution in [2.45, 2.75) is 39.5 Å². The van der Waals surface area contributed by atoms with Gasteiger partial charge in [-0.05, 0) is 37.3 Å². The first-order valence-corrected chi connectivity index (χ1v) is 5.45. The zero-order valence-corrected chi connectivity index (χ0v) is 9.34. The fourth-order valence-electron chi connectivity index (χ4n) is 1.68. The second kappa shape index (κ2) is 5.64. The van der Waals surface area contributed by atoms with Gasteiger partial charge in [-0.2, -0.15) is 0 Å². The van der Waals surface area contributed by atoms with Gasteiger partial charge in [-0.15, -0.1) is 0 Å². The first-order chi connectivity index (χ1) is 6.74. The summed E-state index contributed by atoms with van der Waals surface area (Å²) < 4.78 is 0. The summed E-state index contributed by atoms with van der Waals surface area (Å²) in [5.41, 5.74) is 4.25. The van der Waals surface area contributed by atoms with Crippen molar-refractivity contribution in [1.82, 2.24) is 0 Å². The Morgan fingerprint density at radius 2 is 1.93 bits per heavy atom. The molecule has 0 heterocycles. The first kappa shape index (κ1) is 11.0. The quantitative estimate of drug-likeness (QED) is 0.605. The monoisotopic (exact) mass is 188 g/mol. The van der Waals surface area contributed by atoms with E-state index in [0.29, 0.717) is 0 Å². The minimum atomic E-state index is 1.14. The van der Waals surface area contributed by atoms with Crippen LogP contribution in [0.3, 0.4) is 0 Å². The molecular weight excluding hydrogens is 168 g/mol. The Bertz CT molecular complexity index is 297. The lowest BCUT2D eigenvalue weighted by molar-refractivity contribution is 0.820. The zero-order chi connectivity index (χ0) is 10.4. The van der Waals surface area contributed by atoms with Crippen molar-refractivity contribution in [3.8, 4) is 0 Å². The third kappa shape index (κ3) is 3.37. The molecule has 0 spiro atoms. The number of rotatable bonds is 5. The van der Waals surface area contributed by atoms with E-state index in [9.17, 15) is 0 Å². The Morgan fingerprint density at radius 1 is 1.21 bits per heavy atom. The number of allylic oxidation sites excluding steroid dienone is 1. The highest BCUT2D eigenvalue weighted by atomic mass is 14.0. The second-order valence-electron chi connectivity index (χ2n) is 3.93. The summed E-state index contributed by atoms with van der Waals surface area (Å²) >= 11 is 0. The van der Waals surface area contributed by atoms with Crippen LogP contribution in [0.15, 0.2) is 36.4 Å². The van der Waals surface area contributed by atoms with Crippen LogP contribution in [0.2, 0.25) is 0 Å². The van der Waals surface area contributed by atoms with E-state index < -0.39 is 0 Å². The normalized spacial score (nSPS) is 10.1. The first-order valence-electron chi connectivity index (χ1n) is 5.45. The molecule has 0 nitrogen and oxygen atoms in total. The van der Waals surface area contributed by atoms with Crippen molar-refractivity contribution in [3.05, 3.63) is 47.5 Å². The van der Waals surface area contributed by atoms with Crippen molar-refractivity contribution in [2.24, 2.45) is 0 Å². The van der Waals surface area contributed by atoms with Gasteiger partial charge in [-0.1, -0.05) is 49.8 Å². The number of hydrogen-bond donors (Lipinski definition) is 0. The molecule has 0 amide bonds. The maximum atomic E-state index is 4.09. The lowest BCUT2D eigenvalue weighted by atomic mass is 9.99. The van der Waals surface area contributed by atoms with E-state index in [2.05, 4.69) is 44.7 Å². The van der Waals surface area contributed by atoms with Crippen molar-refractivity contribution in [3.63, 3.8) is 0 Å². The highest BCUT2D eigenvalue weighted by molar-refractivity contribution is 5.26. The molecule has 0 fully saturated rings. The Hall–Kier alpha value is -1.04. The smallest absolute Gasteiger partial charge is 0.0239 e. The van der Waals surface area contributed by atoms with E-state index in [1.54, 1.807) is 0 Å². The fourth-order valence-corrected chi connectivity index (χ4v) is 1.68. The summed E-state index contributed by atoms with van der Waals surface area (Å²) in [6, 6.07) is 8.61. The summed E-state index contributed by atoms with van der Waals surface area (Å²) in [4.78, 5) is 0. The van der Waals surface area contributed by atoms with Gasteiger partial charge in [0.2, 0.25) is 0 Å². The SMILES string of the molecule is C=C(CCC)CCc1ccccc1C. The molecule has 0 bridgehead atoms.